The zero-order valence-corrected chi connectivity index (χ0v) is 29.5. The first-order valence-electron chi connectivity index (χ1n) is 15.6. The Kier molecular flexibility index (Phi) is 15.3. The molecule has 1 heterocycles. The molecule has 15 nitrogen and oxygen atoms in total. The Morgan fingerprint density at radius 3 is 1.78 bits per heavy atom. The molecule has 0 bridgehead atoms. The number of benzene rings is 2. The average molecular weight is 720 g/mol. The van der Waals surface area contributed by atoms with E-state index in [4.69, 9.17) is 37.5 Å². The summed E-state index contributed by atoms with van der Waals surface area (Å²) in [5.41, 5.74) is 1.44. The van der Waals surface area contributed by atoms with Crippen molar-refractivity contribution in [3.63, 3.8) is 0 Å². The van der Waals surface area contributed by atoms with E-state index in [0.717, 1.165) is 45.9 Å². The van der Waals surface area contributed by atoms with Crippen LogP contribution in [-0.4, -0.2) is 85.3 Å². The molecule has 50 heavy (non-hydrogen) atoms. The molecule has 16 heteroatoms. The second-order valence-corrected chi connectivity index (χ2v) is 13.0. The molecule has 6 atom stereocenters. The molecular weight excluding hydrogens is 677 g/mol. The van der Waals surface area contributed by atoms with Crippen LogP contribution in [0, 0.1) is 0 Å². The molecule has 3 rings (SSSR count). The molecule has 1 unspecified atom stereocenters. The molecule has 1 aliphatic heterocycles. The van der Waals surface area contributed by atoms with Gasteiger partial charge in [-0.15, -0.1) is 0 Å². The normalized spacial score (nSPS) is 21.2. The van der Waals surface area contributed by atoms with E-state index in [1.807, 2.05) is 12.1 Å². The van der Waals surface area contributed by atoms with E-state index in [1.165, 1.54) is 6.92 Å². The highest BCUT2D eigenvalue weighted by Crippen LogP contribution is 2.59. The maximum Gasteiger partial charge on any atom is 0.347 e. The summed E-state index contributed by atoms with van der Waals surface area (Å²) in [6.07, 6.45) is -6.65. The fraction of sp³-hybridized carbons (Fsp3) is 0.471. The zero-order valence-electron chi connectivity index (χ0n) is 28.7. The highest BCUT2D eigenvalue weighted by atomic mass is 31.2. The van der Waals surface area contributed by atoms with E-state index in [0.29, 0.717) is 0 Å². The quantitative estimate of drug-likeness (QED) is 0.151. The molecule has 0 aliphatic carbocycles. The molecule has 2 aromatic carbocycles. The molecule has 0 radical (unpaired) electrons. The highest BCUT2D eigenvalue weighted by Gasteiger charge is 2.63. The third-order valence-electron chi connectivity index (χ3n) is 7.19. The van der Waals surface area contributed by atoms with Crippen LogP contribution in [0.2, 0.25) is 0 Å². The minimum atomic E-state index is -2.51. The van der Waals surface area contributed by atoms with Crippen LogP contribution < -0.4 is 5.32 Å². The number of amides is 1. The van der Waals surface area contributed by atoms with Crippen molar-refractivity contribution in [3.8, 4) is 0 Å². The predicted octanol–water partition coefficient (Wildman–Crippen LogP) is 3.25. The smallest absolute Gasteiger partial charge is 0.347 e. The Balaban J connectivity index is 2.26. The van der Waals surface area contributed by atoms with E-state index in [1.54, 1.807) is 48.5 Å². The van der Waals surface area contributed by atoms with E-state index in [9.17, 15) is 28.8 Å². The van der Waals surface area contributed by atoms with E-state index in [2.05, 4.69) is 5.32 Å². The van der Waals surface area contributed by atoms with Crippen LogP contribution in [-0.2, 0) is 79.4 Å². The van der Waals surface area contributed by atoms with Crippen LogP contribution in [0.3, 0.4) is 0 Å². The van der Waals surface area contributed by atoms with Crippen LogP contribution in [0.4, 0.5) is 0 Å². The van der Waals surface area contributed by atoms with Crippen molar-refractivity contribution in [3.05, 3.63) is 71.8 Å². The van der Waals surface area contributed by atoms with Gasteiger partial charge >= 0.3 is 29.8 Å². The summed E-state index contributed by atoms with van der Waals surface area (Å²) < 4.78 is 46.5. The lowest BCUT2D eigenvalue weighted by Crippen LogP contribution is -2.68. The topological polar surface area (TPSA) is 188 Å². The van der Waals surface area contributed by atoms with Crippen molar-refractivity contribution >= 4 is 44.1 Å². The third-order valence-corrected chi connectivity index (χ3v) is 8.98. The van der Waals surface area contributed by atoms with Crippen LogP contribution >= 0.6 is 8.38 Å². The van der Waals surface area contributed by atoms with Crippen molar-refractivity contribution in [2.24, 2.45) is 0 Å². The van der Waals surface area contributed by atoms with Gasteiger partial charge in [0.05, 0.1) is 26.4 Å². The van der Waals surface area contributed by atoms with Crippen molar-refractivity contribution in [2.45, 2.75) is 90.1 Å². The molecular formula is C34H42NO14P. The van der Waals surface area contributed by atoms with Gasteiger partial charge in [-0.1, -0.05) is 60.7 Å². The minimum absolute atomic E-state index is 0.0582. The van der Waals surface area contributed by atoms with Gasteiger partial charge in [0, 0.05) is 41.0 Å². The van der Waals surface area contributed by atoms with Gasteiger partial charge < -0.3 is 42.8 Å². The molecule has 2 aromatic rings. The molecule has 1 N–H and O–H groups in total. The number of rotatable bonds is 16. The van der Waals surface area contributed by atoms with Crippen molar-refractivity contribution < 1.29 is 66.2 Å². The van der Waals surface area contributed by atoms with Gasteiger partial charge in [-0.2, -0.15) is 0 Å². The largest absolute Gasteiger partial charge is 0.466 e. The Labute approximate surface area is 291 Å². The maximum absolute atomic E-state index is 14.1. The number of hydrogen-bond donors (Lipinski definition) is 1. The van der Waals surface area contributed by atoms with Gasteiger partial charge in [-0.05, 0) is 11.1 Å². The summed E-state index contributed by atoms with van der Waals surface area (Å²) in [7, 11) is -1.40. The summed E-state index contributed by atoms with van der Waals surface area (Å²) in [4.78, 5) is 75.9. The van der Waals surface area contributed by atoms with Gasteiger partial charge in [0.25, 0.3) is 0 Å². The molecule has 0 saturated carbocycles. The fourth-order valence-electron chi connectivity index (χ4n) is 5.27. The van der Waals surface area contributed by atoms with E-state index in [-0.39, 0.29) is 13.2 Å². The summed E-state index contributed by atoms with van der Waals surface area (Å²) >= 11 is 0. The third kappa shape index (κ3) is 11.6. The fourth-order valence-corrected chi connectivity index (χ4v) is 7.07. The lowest BCUT2D eigenvalue weighted by atomic mass is 9.89. The lowest BCUT2D eigenvalue weighted by Gasteiger charge is -2.50. The Hall–Kier alpha value is -4.43. The number of carbonyl (C=O) groups is 6. The number of nitrogens with one attached hydrogen (secondary N) is 1. The van der Waals surface area contributed by atoms with Gasteiger partial charge in [0.1, 0.15) is 18.8 Å². The monoisotopic (exact) mass is 719 g/mol. The van der Waals surface area contributed by atoms with Crippen molar-refractivity contribution in [1.29, 1.82) is 0 Å². The van der Waals surface area contributed by atoms with E-state index >= 15 is 0 Å². The van der Waals surface area contributed by atoms with Crippen LogP contribution in [0.25, 0.3) is 0 Å². The number of methoxy groups -OCH3 is 1. The van der Waals surface area contributed by atoms with Crippen LogP contribution in [0.1, 0.15) is 52.2 Å². The first-order chi connectivity index (χ1) is 23.7. The number of esters is 5. The van der Waals surface area contributed by atoms with Crippen molar-refractivity contribution in [2.75, 3.05) is 13.7 Å². The minimum Gasteiger partial charge on any atom is -0.466 e. The second kappa shape index (κ2) is 19.1. The van der Waals surface area contributed by atoms with Crippen molar-refractivity contribution in [1.82, 2.24) is 5.32 Å². The number of ether oxygens (including phenoxy) is 6. The summed E-state index contributed by atoms with van der Waals surface area (Å²) in [5.74, 6) is -4.88. The van der Waals surface area contributed by atoms with Gasteiger partial charge in [-0.25, -0.2) is 4.79 Å². The molecule has 0 spiro atoms. The molecule has 0 aromatic heterocycles. The van der Waals surface area contributed by atoms with Gasteiger partial charge in [-0.3, -0.25) is 24.0 Å². The number of hydrogen-bond acceptors (Lipinski definition) is 14. The first kappa shape index (κ1) is 40.0. The maximum atomic E-state index is 14.1. The lowest BCUT2D eigenvalue weighted by molar-refractivity contribution is -0.227. The summed E-state index contributed by atoms with van der Waals surface area (Å²) in [5, 5.41) is 0.442. The first-order valence-corrected chi connectivity index (χ1v) is 16.8. The molecule has 1 fully saturated rings. The van der Waals surface area contributed by atoms with Gasteiger partial charge in [0.2, 0.25) is 19.6 Å². The molecule has 1 saturated heterocycles. The predicted molar refractivity (Wildman–Crippen MR) is 175 cm³/mol. The Bertz CT molecular complexity index is 1430. The molecule has 1 aliphatic rings. The standard InChI is InChI=1S/C34H42NO14P/c1-21(36)35-30-28(46-23(3)38)17-34(33(41)42-6,49-32(30)31(48-25(5)40)29(47-24(4)39)20-43-22(2)37)50(44-18-26-13-9-7-10-14-26)45-19-27-15-11-8-12-16-27/h7-16,28-32H,17-20H2,1-6H3,(H,35,36)/t28-,29-,30-,31-,32?,34-/m1/s1. The summed E-state index contributed by atoms with van der Waals surface area (Å²) in [6.45, 7) is 4.83. The number of carbonyl (C=O) groups excluding carboxylic acids is 6. The zero-order chi connectivity index (χ0) is 36.8. The average Bonchev–Trinajstić information content (AvgIpc) is 3.06. The van der Waals surface area contributed by atoms with Gasteiger partial charge in [0.15, 0.2) is 12.2 Å². The molecule has 272 valence electrons. The Morgan fingerprint density at radius 2 is 1.34 bits per heavy atom. The second-order valence-electron chi connectivity index (χ2n) is 11.2. The van der Waals surface area contributed by atoms with Crippen LogP contribution in [0.5, 0.6) is 0 Å². The Morgan fingerprint density at radius 1 is 0.800 bits per heavy atom. The SMILES string of the molecule is COC(=O)[C@]1(P(OCc2ccccc2)OCc2ccccc2)C[C@@H](OC(C)=O)[C@@H](NC(C)=O)C([C@H](OC(C)=O)[C@@H](COC(C)=O)OC(C)=O)O1. The molecule has 1 amide bonds. The highest BCUT2D eigenvalue weighted by molar-refractivity contribution is 7.50. The van der Waals surface area contributed by atoms with E-state index < -0.39 is 93.0 Å². The summed E-state index contributed by atoms with van der Waals surface area (Å²) in [6, 6.07) is 16.7. The van der Waals surface area contributed by atoms with Crippen LogP contribution in [0.15, 0.2) is 60.7 Å².